The van der Waals surface area contributed by atoms with Gasteiger partial charge in [-0.05, 0) is 0 Å². The third-order valence-electron chi connectivity index (χ3n) is 0.200. The monoisotopic (exact) mass is 244 g/mol. The van der Waals surface area contributed by atoms with Gasteiger partial charge in [-0.2, -0.15) is 0 Å². The van der Waals surface area contributed by atoms with Crippen LogP contribution in [0.1, 0.15) is 0 Å². The second-order valence-electron chi connectivity index (χ2n) is 0.894. The van der Waals surface area contributed by atoms with Crippen molar-refractivity contribution in [3.63, 3.8) is 0 Å². The maximum atomic E-state index is 7.62. The number of hydrogen-bond donors (Lipinski definition) is 4. The minimum atomic E-state index is -0.125. The normalized spacial score (nSPS) is 5.00. The first-order valence-corrected chi connectivity index (χ1v) is 2.26. The first kappa shape index (κ1) is 36.7. The van der Waals surface area contributed by atoms with Crippen molar-refractivity contribution < 1.29 is 31.4 Å². The molecule has 0 amide bonds. The summed E-state index contributed by atoms with van der Waals surface area (Å²) in [5.41, 5.74) is 0. The van der Waals surface area contributed by atoms with Crippen LogP contribution in [0, 0.1) is 0 Å². The molecule has 0 fully saturated rings. The standard InChI is InChI=1S/2C2H6O2.2Ca.2H2O.4H/c2*3-1-2-4;;;;;;;;/h2*3-4H,1-2H2;;;2*1H2;;;;. The molecule has 0 aromatic carbocycles. The van der Waals surface area contributed by atoms with Gasteiger partial charge < -0.3 is 31.4 Å². The number of aliphatic hydroxyl groups excluding tert-OH is 4. The molecule has 0 aliphatic carbocycles. The second-order valence-corrected chi connectivity index (χ2v) is 0.894. The fourth-order valence-corrected chi connectivity index (χ4v) is 0. The van der Waals surface area contributed by atoms with Crippen molar-refractivity contribution in [2.24, 2.45) is 0 Å². The quantitative estimate of drug-likeness (QED) is 0.359. The Kier molecular flexibility index (Phi) is 155. The molecule has 0 saturated carbocycles. The van der Waals surface area contributed by atoms with Crippen LogP contribution in [-0.4, -0.2) is 133 Å². The molecule has 0 unspecified atom stereocenters. The van der Waals surface area contributed by atoms with Crippen molar-refractivity contribution in [1.82, 2.24) is 0 Å². The molecular formula is C4H20Ca2O6. The van der Waals surface area contributed by atoms with E-state index in [1.54, 1.807) is 0 Å². The van der Waals surface area contributed by atoms with E-state index in [0.717, 1.165) is 0 Å². The molecule has 0 atom stereocenters. The molecule has 0 bridgehead atoms. The van der Waals surface area contributed by atoms with Crippen molar-refractivity contribution in [3.05, 3.63) is 0 Å². The van der Waals surface area contributed by atoms with Gasteiger partial charge in [-0.25, -0.2) is 0 Å². The van der Waals surface area contributed by atoms with Crippen LogP contribution < -0.4 is 0 Å². The molecule has 76 valence electrons. The average Bonchev–Trinajstić information content (AvgIpc) is 1.88. The molecule has 8 heteroatoms. The number of aliphatic hydroxyl groups is 4. The molecule has 0 saturated heterocycles. The Morgan fingerprint density at radius 1 is 0.500 bits per heavy atom. The van der Waals surface area contributed by atoms with Gasteiger partial charge in [0.2, 0.25) is 0 Å². The van der Waals surface area contributed by atoms with Crippen LogP contribution in [0.3, 0.4) is 0 Å². The molecule has 0 rings (SSSR count). The third kappa shape index (κ3) is 85.3. The zero-order valence-electron chi connectivity index (χ0n) is 5.62. The molecule has 0 aromatic heterocycles. The van der Waals surface area contributed by atoms with E-state index in [9.17, 15) is 0 Å². The van der Waals surface area contributed by atoms with Gasteiger partial charge in [-0.1, -0.05) is 0 Å². The maximum absolute atomic E-state index is 7.62. The summed E-state index contributed by atoms with van der Waals surface area (Å²) in [6, 6.07) is 0. The Labute approximate surface area is 131 Å². The van der Waals surface area contributed by atoms with Crippen LogP contribution in [-0.2, 0) is 0 Å². The van der Waals surface area contributed by atoms with Gasteiger partial charge in [-0.15, -0.1) is 0 Å². The van der Waals surface area contributed by atoms with Gasteiger partial charge in [0, 0.05) is 0 Å². The van der Waals surface area contributed by atoms with Crippen LogP contribution in [0.4, 0.5) is 0 Å². The minimum absolute atomic E-state index is 0. The molecule has 6 nitrogen and oxygen atoms in total. The molecule has 12 heavy (non-hydrogen) atoms. The van der Waals surface area contributed by atoms with Crippen LogP contribution in [0.5, 0.6) is 0 Å². The summed E-state index contributed by atoms with van der Waals surface area (Å²) >= 11 is 0. The average molecular weight is 244 g/mol. The molecular weight excluding hydrogens is 224 g/mol. The summed E-state index contributed by atoms with van der Waals surface area (Å²) in [5.74, 6) is 0. The summed E-state index contributed by atoms with van der Waals surface area (Å²) in [6.45, 7) is -0.500. The Balaban J connectivity index is -0.0000000112. The molecule has 0 aliphatic heterocycles. The summed E-state index contributed by atoms with van der Waals surface area (Å²) in [7, 11) is 0. The van der Waals surface area contributed by atoms with Crippen LogP contribution in [0.25, 0.3) is 0 Å². The summed E-state index contributed by atoms with van der Waals surface area (Å²) < 4.78 is 0. The van der Waals surface area contributed by atoms with Crippen LogP contribution in [0.15, 0.2) is 0 Å². The number of rotatable bonds is 2. The van der Waals surface area contributed by atoms with Crippen molar-refractivity contribution in [2.75, 3.05) is 26.4 Å². The Bertz CT molecular complexity index is 25.5. The fraction of sp³-hybridized carbons (Fsp3) is 1.00. The molecule has 0 aliphatic rings. The van der Waals surface area contributed by atoms with Gasteiger partial charge in [0.05, 0.1) is 26.4 Å². The molecule has 0 spiro atoms. The van der Waals surface area contributed by atoms with E-state index in [0.29, 0.717) is 0 Å². The van der Waals surface area contributed by atoms with Crippen LogP contribution >= 0.6 is 0 Å². The first-order chi connectivity index (χ1) is 3.83. The topological polar surface area (TPSA) is 144 Å². The second kappa shape index (κ2) is 50.8. The Morgan fingerprint density at radius 3 is 0.583 bits per heavy atom. The predicted molar refractivity (Wildman–Crippen MR) is 52.7 cm³/mol. The van der Waals surface area contributed by atoms with E-state index in [4.69, 9.17) is 20.4 Å². The van der Waals surface area contributed by atoms with E-state index in [-0.39, 0.29) is 113 Å². The van der Waals surface area contributed by atoms with E-state index >= 15 is 0 Å². The van der Waals surface area contributed by atoms with Gasteiger partial charge >= 0.3 is 75.5 Å². The van der Waals surface area contributed by atoms with Gasteiger partial charge in [0.1, 0.15) is 0 Å². The predicted octanol–water partition coefficient (Wildman–Crippen LogP) is -5.54. The summed E-state index contributed by atoms with van der Waals surface area (Å²) in [6.07, 6.45) is 0. The summed E-state index contributed by atoms with van der Waals surface area (Å²) in [4.78, 5) is 0. The van der Waals surface area contributed by atoms with Crippen LogP contribution in [0.2, 0.25) is 0 Å². The third-order valence-corrected chi connectivity index (χ3v) is 0.200. The van der Waals surface area contributed by atoms with E-state index in [1.165, 1.54) is 0 Å². The van der Waals surface area contributed by atoms with Gasteiger partial charge in [-0.3, -0.25) is 0 Å². The summed E-state index contributed by atoms with van der Waals surface area (Å²) in [5, 5.41) is 30.5. The van der Waals surface area contributed by atoms with Crippen molar-refractivity contribution in [2.45, 2.75) is 0 Å². The van der Waals surface area contributed by atoms with E-state index in [2.05, 4.69) is 0 Å². The fourth-order valence-electron chi connectivity index (χ4n) is 0. The van der Waals surface area contributed by atoms with Gasteiger partial charge in [0.25, 0.3) is 0 Å². The van der Waals surface area contributed by atoms with Crippen molar-refractivity contribution in [3.8, 4) is 0 Å². The molecule has 0 aromatic rings. The van der Waals surface area contributed by atoms with Crippen molar-refractivity contribution in [1.29, 1.82) is 0 Å². The molecule has 0 heterocycles. The molecule has 0 radical (unpaired) electrons. The Morgan fingerprint density at radius 2 is 0.583 bits per heavy atom. The van der Waals surface area contributed by atoms with Gasteiger partial charge in [0.15, 0.2) is 0 Å². The zero-order valence-corrected chi connectivity index (χ0v) is 5.62. The first-order valence-electron chi connectivity index (χ1n) is 2.26. The van der Waals surface area contributed by atoms with E-state index < -0.39 is 0 Å². The number of hydrogen-bond acceptors (Lipinski definition) is 4. The molecule has 8 N–H and O–H groups in total. The van der Waals surface area contributed by atoms with Crippen molar-refractivity contribution >= 4 is 75.5 Å². The zero-order chi connectivity index (χ0) is 6.83. The Hall–Kier alpha value is 2.28. The SMILES string of the molecule is O.O.OCCO.OCCO.[CaH2].[CaH2]. The van der Waals surface area contributed by atoms with E-state index in [1.807, 2.05) is 0 Å².